The van der Waals surface area contributed by atoms with E-state index in [1.54, 1.807) is 6.20 Å². The van der Waals surface area contributed by atoms with E-state index in [-0.39, 0.29) is 11.8 Å². The molecule has 5 rings (SSSR count). The van der Waals surface area contributed by atoms with E-state index in [2.05, 4.69) is 39.0 Å². The number of hydrogen-bond donors (Lipinski definition) is 0. The summed E-state index contributed by atoms with van der Waals surface area (Å²) in [5, 5.41) is 4.52. The average Bonchev–Trinajstić information content (AvgIpc) is 3.39. The molecule has 2 aliphatic rings. The number of aromatic nitrogens is 4. The minimum atomic E-state index is 0.0350. The topological polar surface area (TPSA) is 66.6 Å². The number of aryl methyl sites for hydroxylation is 2. The summed E-state index contributed by atoms with van der Waals surface area (Å²) in [5.41, 5.74) is 5.45. The fourth-order valence-electron chi connectivity index (χ4n) is 4.32. The van der Waals surface area contributed by atoms with E-state index in [9.17, 15) is 4.79 Å². The first kappa shape index (κ1) is 16.2. The van der Waals surface area contributed by atoms with Crippen molar-refractivity contribution in [3.05, 3.63) is 53.2 Å². The smallest absolute Gasteiger partial charge is 0.228 e. The van der Waals surface area contributed by atoms with Gasteiger partial charge in [0.2, 0.25) is 5.91 Å². The molecule has 7 nitrogen and oxygen atoms in total. The van der Waals surface area contributed by atoms with Crippen molar-refractivity contribution in [1.29, 1.82) is 0 Å². The summed E-state index contributed by atoms with van der Waals surface area (Å²) in [6.07, 6.45) is 4.53. The van der Waals surface area contributed by atoms with Crippen molar-refractivity contribution in [3.63, 3.8) is 0 Å². The van der Waals surface area contributed by atoms with Crippen molar-refractivity contribution in [2.75, 3.05) is 18.0 Å². The molecule has 3 aromatic heterocycles. The summed E-state index contributed by atoms with van der Waals surface area (Å²) in [4.78, 5) is 26.1. The van der Waals surface area contributed by atoms with Gasteiger partial charge in [0.05, 0.1) is 30.0 Å². The number of nitrogens with zero attached hydrogens (tertiary/aromatic N) is 6. The van der Waals surface area contributed by atoms with Crippen LogP contribution >= 0.6 is 0 Å². The second-order valence-corrected chi connectivity index (χ2v) is 7.52. The number of hydrogen-bond acceptors (Lipinski definition) is 5. The number of rotatable bonds is 2. The summed E-state index contributed by atoms with van der Waals surface area (Å²) >= 11 is 0. The molecule has 1 atom stereocenters. The van der Waals surface area contributed by atoms with Gasteiger partial charge < -0.3 is 9.80 Å². The first-order chi connectivity index (χ1) is 13.1. The van der Waals surface area contributed by atoms with Gasteiger partial charge in [0, 0.05) is 25.8 Å². The zero-order chi connectivity index (χ0) is 18.5. The van der Waals surface area contributed by atoms with Gasteiger partial charge in [-0.3, -0.25) is 9.78 Å². The lowest BCUT2D eigenvalue weighted by Gasteiger charge is -2.21. The fraction of sp³-hybridized carbons (Fsp3) is 0.400. The lowest BCUT2D eigenvalue weighted by atomic mass is 10.1. The molecule has 138 valence electrons. The predicted molar refractivity (Wildman–Crippen MR) is 101 cm³/mol. The highest BCUT2D eigenvalue weighted by atomic mass is 16.2. The van der Waals surface area contributed by atoms with Crippen LogP contribution in [0, 0.1) is 19.8 Å². The predicted octanol–water partition coefficient (Wildman–Crippen LogP) is 2.11. The summed E-state index contributed by atoms with van der Waals surface area (Å²) in [6.45, 7) is 6.92. The number of pyridine rings is 2. The summed E-state index contributed by atoms with van der Waals surface area (Å²) < 4.78 is 1.90. The van der Waals surface area contributed by atoms with Gasteiger partial charge in [-0.25, -0.2) is 9.50 Å². The lowest BCUT2D eigenvalue weighted by molar-refractivity contribution is -0.135. The van der Waals surface area contributed by atoms with Crippen LogP contribution in [0.3, 0.4) is 0 Å². The van der Waals surface area contributed by atoms with Gasteiger partial charge in [-0.15, -0.1) is 0 Å². The highest BCUT2D eigenvalue weighted by Crippen LogP contribution is 2.31. The fourth-order valence-corrected chi connectivity index (χ4v) is 4.32. The maximum Gasteiger partial charge on any atom is 0.228 e. The molecular formula is C20H22N6O. The number of fused-ring (bicyclic) bond motifs is 3. The molecule has 5 heterocycles. The molecule has 0 aromatic carbocycles. The van der Waals surface area contributed by atoms with Crippen LogP contribution in [0.2, 0.25) is 0 Å². The van der Waals surface area contributed by atoms with Crippen LogP contribution in [0.5, 0.6) is 0 Å². The normalized spacial score (nSPS) is 19.1. The Morgan fingerprint density at radius 2 is 2.15 bits per heavy atom. The monoisotopic (exact) mass is 362 g/mol. The molecule has 0 saturated carbocycles. The molecule has 0 bridgehead atoms. The zero-order valence-electron chi connectivity index (χ0n) is 15.6. The molecule has 1 amide bonds. The largest absolute Gasteiger partial charge is 0.369 e. The molecule has 27 heavy (non-hydrogen) atoms. The Kier molecular flexibility index (Phi) is 3.63. The highest BCUT2D eigenvalue weighted by molar-refractivity contribution is 5.81. The third-order valence-electron chi connectivity index (χ3n) is 5.71. The van der Waals surface area contributed by atoms with Crippen LogP contribution in [0.15, 0.2) is 30.6 Å². The van der Waals surface area contributed by atoms with Crippen molar-refractivity contribution in [2.45, 2.75) is 33.4 Å². The van der Waals surface area contributed by atoms with Gasteiger partial charge in [0.1, 0.15) is 5.82 Å². The van der Waals surface area contributed by atoms with Crippen molar-refractivity contribution in [2.24, 2.45) is 5.92 Å². The van der Waals surface area contributed by atoms with Crippen molar-refractivity contribution in [1.82, 2.24) is 24.5 Å². The minimum Gasteiger partial charge on any atom is -0.369 e. The van der Waals surface area contributed by atoms with Crippen LogP contribution in [-0.2, 0) is 17.9 Å². The molecule has 0 aliphatic carbocycles. The molecular weight excluding hydrogens is 340 g/mol. The number of anilines is 1. The van der Waals surface area contributed by atoms with E-state index in [1.807, 2.05) is 28.6 Å². The van der Waals surface area contributed by atoms with E-state index < -0.39 is 0 Å². The summed E-state index contributed by atoms with van der Waals surface area (Å²) in [7, 11) is 0. The molecule has 0 spiro atoms. The molecule has 1 unspecified atom stereocenters. The first-order valence-electron chi connectivity index (χ1n) is 9.38. The Morgan fingerprint density at radius 3 is 2.96 bits per heavy atom. The van der Waals surface area contributed by atoms with Gasteiger partial charge in [-0.1, -0.05) is 0 Å². The van der Waals surface area contributed by atoms with Gasteiger partial charge in [0.25, 0.3) is 0 Å². The van der Waals surface area contributed by atoms with Gasteiger partial charge >= 0.3 is 0 Å². The van der Waals surface area contributed by atoms with E-state index in [4.69, 9.17) is 0 Å². The number of amides is 1. The molecule has 0 radical (unpaired) electrons. The number of carbonyl (C=O) groups is 1. The van der Waals surface area contributed by atoms with Crippen LogP contribution in [0.1, 0.15) is 29.1 Å². The molecule has 2 aliphatic heterocycles. The Bertz CT molecular complexity index is 1030. The molecule has 3 aromatic rings. The van der Waals surface area contributed by atoms with Crippen LogP contribution in [0.4, 0.5) is 5.69 Å². The van der Waals surface area contributed by atoms with E-state index in [0.717, 1.165) is 42.4 Å². The van der Waals surface area contributed by atoms with Crippen molar-refractivity contribution >= 4 is 17.2 Å². The highest BCUT2D eigenvalue weighted by Gasteiger charge is 2.35. The van der Waals surface area contributed by atoms with Gasteiger partial charge in [-0.2, -0.15) is 5.10 Å². The first-order valence-corrected chi connectivity index (χ1v) is 9.38. The Hall–Kier alpha value is -2.96. The van der Waals surface area contributed by atoms with E-state index >= 15 is 0 Å². The average molecular weight is 362 g/mol. The van der Waals surface area contributed by atoms with Gasteiger partial charge in [-0.05, 0) is 49.6 Å². The second-order valence-electron chi connectivity index (χ2n) is 7.52. The second kappa shape index (κ2) is 6.04. The molecule has 0 N–H and O–H groups in total. The lowest BCUT2D eigenvalue weighted by Crippen LogP contribution is -2.34. The third-order valence-corrected chi connectivity index (χ3v) is 5.71. The van der Waals surface area contributed by atoms with E-state index in [1.165, 1.54) is 11.1 Å². The maximum atomic E-state index is 13.2. The van der Waals surface area contributed by atoms with Crippen LogP contribution < -0.4 is 4.90 Å². The van der Waals surface area contributed by atoms with E-state index in [0.29, 0.717) is 13.1 Å². The third kappa shape index (κ3) is 2.65. The number of carbonyl (C=O) groups excluding carboxylic acids is 1. The van der Waals surface area contributed by atoms with Crippen molar-refractivity contribution in [3.8, 4) is 0 Å². The Labute approximate surface area is 157 Å². The quantitative estimate of drug-likeness (QED) is 0.699. The zero-order valence-corrected chi connectivity index (χ0v) is 15.6. The Morgan fingerprint density at radius 1 is 1.26 bits per heavy atom. The summed E-state index contributed by atoms with van der Waals surface area (Å²) in [5.74, 6) is 1.03. The van der Waals surface area contributed by atoms with Crippen LogP contribution in [-0.4, -0.2) is 43.5 Å². The van der Waals surface area contributed by atoms with Crippen molar-refractivity contribution < 1.29 is 4.79 Å². The molecule has 1 fully saturated rings. The standard InChI is InChI=1S/C20H22N6O/c1-13-8-19-22-14(2)23-26(19)18-12-25(11-17(13)18)20(27)15-5-7-24(10-15)16-4-3-6-21-9-16/h3-4,6,8-9,15H,5,7,10-12H2,1-2H3. The molecule has 1 saturated heterocycles. The van der Waals surface area contributed by atoms with Crippen LogP contribution in [0.25, 0.3) is 5.65 Å². The van der Waals surface area contributed by atoms with Gasteiger partial charge in [0.15, 0.2) is 5.65 Å². The SMILES string of the molecule is Cc1nc2cc(C)c3c(n2n1)CN(C(=O)C1CCN(c2cccnc2)C1)C3. The summed E-state index contributed by atoms with van der Waals surface area (Å²) in [6, 6.07) is 6.06. The maximum absolute atomic E-state index is 13.2. The minimum absolute atomic E-state index is 0.0350. The Balaban J connectivity index is 1.36. The molecule has 7 heteroatoms.